The highest BCUT2D eigenvalue weighted by Crippen LogP contribution is 2.01. The maximum atomic E-state index is 11.0. The first-order chi connectivity index (χ1) is 5.87. The van der Waals surface area contributed by atoms with Gasteiger partial charge >= 0.3 is 0 Å². The summed E-state index contributed by atoms with van der Waals surface area (Å²) >= 11 is 0. The van der Waals surface area contributed by atoms with Crippen molar-refractivity contribution in [1.29, 1.82) is 0 Å². The molecule has 0 aliphatic heterocycles. The highest BCUT2D eigenvalue weighted by Gasteiger charge is 2.08. The van der Waals surface area contributed by atoms with Crippen molar-refractivity contribution in [3.8, 4) is 0 Å². The highest BCUT2D eigenvalue weighted by atomic mass is 32.2. The molecule has 76 valence electrons. The summed E-state index contributed by atoms with van der Waals surface area (Å²) in [7, 11) is -3.96. The monoisotopic (exact) mass is 207 g/mol. The fraction of sp³-hybridized carbons (Fsp3) is 0.571. The molecule has 0 fully saturated rings. The van der Waals surface area contributed by atoms with Gasteiger partial charge in [-0.3, -0.25) is 9.35 Å². The summed E-state index contributed by atoms with van der Waals surface area (Å²) in [4.78, 5) is 11.0. The van der Waals surface area contributed by atoms with Gasteiger partial charge in [-0.05, 0) is 13.3 Å². The van der Waals surface area contributed by atoms with Crippen molar-refractivity contribution < 1.29 is 17.8 Å². The van der Waals surface area contributed by atoms with Crippen LogP contribution in [0.15, 0.2) is 11.8 Å². The second kappa shape index (κ2) is 4.98. The van der Waals surface area contributed by atoms with Crippen molar-refractivity contribution in [1.82, 2.24) is 0 Å². The van der Waals surface area contributed by atoms with Crippen molar-refractivity contribution in [2.45, 2.75) is 19.8 Å². The normalized spacial score (nSPS) is 12.9. The lowest BCUT2D eigenvalue weighted by Gasteiger charge is -1.98. The van der Waals surface area contributed by atoms with Gasteiger partial charge in [0.25, 0.3) is 10.1 Å². The lowest BCUT2D eigenvalue weighted by Crippen LogP contribution is -2.08. The second-order valence-electron chi connectivity index (χ2n) is 2.66. The van der Waals surface area contributed by atoms with Gasteiger partial charge in [-0.25, -0.2) is 0 Å². The summed E-state index contributed by atoms with van der Waals surface area (Å²) in [6.45, 7) is 1.55. The summed E-state index contributed by atoms with van der Waals surface area (Å²) in [6.07, 6.45) is 1.37. The number of hydrogen-bond acceptors (Lipinski definition) is 4. The second-order valence-corrected chi connectivity index (χ2v) is 4.23. The molecular formula is C7H13NO4S. The summed E-state index contributed by atoms with van der Waals surface area (Å²) < 4.78 is 28.9. The molecule has 0 saturated heterocycles. The summed E-state index contributed by atoms with van der Waals surface area (Å²) in [6, 6.07) is 0. The minimum Gasteiger partial charge on any atom is -0.404 e. The van der Waals surface area contributed by atoms with Crippen LogP contribution < -0.4 is 5.73 Å². The molecule has 0 unspecified atom stereocenters. The first kappa shape index (κ1) is 12.1. The van der Waals surface area contributed by atoms with Crippen molar-refractivity contribution in [2.75, 3.05) is 5.75 Å². The predicted octanol–water partition coefficient (Wildman–Crippen LogP) is 0.0860. The van der Waals surface area contributed by atoms with Crippen LogP contribution in [0.25, 0.3) is 0 Å². The van der Waals surface area contributed by atoms with E-state index in [9.17, 15) is 13.2 Å². The van der Waals surface area contributed by atoms with E-state index in [1.807, 2.05) is 0 Å². The Bertz CT molecular complexity index is 304. The molecule has 0 aromatic carbocycles. The van der Waals surface area contributed by atoms with Crippen LogP contribution in [-0.2, 0) is 14.9 Å². The number of carbonyl (C=O) groups excluding carboxylic acids is 1. The number of ketones is 1. The van der Waals surface area contributed by atoms with E-state index in [4.69, 9.17) is 10.3 Å². The van der Waals surface area contributed by atoms with Gasteiger partial charge in [0.15, 0.2) is 5.78 Å². The summed E-state index contributed by atoms with van der Waals surface area (Å²) in [5, 5.41) is 0. The van der Waals surface area contributed by atoms with Gasteiger partial charge in [-0.15, -0.1) is 0 Å². The highest BCUT2D eigenvalue weighted by molar-refractivity contribution is 7.85. The van der Waals surface area contributed by atoms with E-state index in [-0.39, 0.29) is 18.6 Å². The molecule has 0 aliphatic rings. The maximum Gasteiger partial charge on any atom is 0.264 e. The Morgan fingerprint density at radius 2 is 2.08 bits per heavy atom. The Labute approximate surface area is 77.4 Å². The van der Waals surface area contributed by atoms with Gasteiger partial charge in [0, 0.05) is 18.2 Å². The Morgan fingerprint density at radius 1 is 1.54 bits per heavy atom. The molecule has 0 atom stereocenters. The number of rotatable bonds is 5. The van der Waals surface area contributed by atoms with Gasteiger partial charge in [-0.1, -0.05) is 0 Å². The molecule has 0 bridgehead atoms. The zero-order chi connectivity index (χ0) is 10.5. The molecular weight excluding hydrogens is 194 g/mol. The van der Waals surface area contributed by atoms with Crippen LogP contribution in [0.1, 0.15) is 19.8 Å². The lowest BCUT2D eigenvalue weighted by molar-refractivity contribution is -0.115. The smallest absolute Gasteiger partial charge is 0.264 e. The average molecular weight is 207 g/mol. The predicted molar refractivity (Wildman–Crippen MR) is 48.6 cm³/mol. The molecule has 0 radical (unpaired) electrons. The Balaban J connectivity index is 3.86. The lowest BCUT2D eigenvalue weighted by atomic mass is 10.1. The van der Waals surface area contributed by atoms with Gasteiger partial charge in [0.2, 0.25) is 0 Å². The molecule has 0 rings (SSSR count). The van der Waals surface area contributed by atoms with Gasteiger partial charge in [0.1, 0.15) is 0 Å². The molecule has 0 spiro atoms. The Kier molecular flexibility index (Phi) is 4.64. The van der Waals surface area contributed by atoms with E-state index in [0.717, 1.165) is 0 Å². The van der Waals surface area contributed by atoms with E-state index in [1.54, 1.807) is 6.92 Å². The first-order valence-electron chi connectivity index (χ1n) is 3.73. The van der Waals surface area contributed by atoms with Crippen LogP contribution in [0.5, 0.6) is 0 Å². The molecule has 5 nitrogen and oxygen atoms in total. The number of Topliss-reactive ketones (excluding diaryl/α,β-unsaturated/α-hetero) is 1. The minimum absolute atomic E-state index is 0.0827. The number of carbonyl (C=O) groups is 1. The molecule has 6 heteroatoms. The summed E-state index contributed by atoms with van der Waals surface area (Å²) in [5.74, 6) is -0.595. The zero-order valence-electron chi connectivity index (χ0n) is 7.36. The van der Waals surface area contributed by atoms with Crippen molar-refractivity contribution >= 4 is 15.9 Å². The SMILES string of the molecule is CC(=CN)C(=O)CCCS(=O)(=O)O. The van der Waals surface area contributed by atoms with E-state index in [2.05, 4.69) is 0 Å². The van der Waals surface area contributed by atoms with Crippen LogP contribution in [0.2, 0.25) is 0 Å². The Morgan fingerprint density at radius 3 is 2.46 bits per heavy atom. The average Bonchev–Trinajstić information content (AvgIpc) is 2.00. The third-order valence-electron chi connectivity index (χ3n) is 1.50. The van der Waals surface area contributed by atoms with Crippen molar-refractivity contribution in [2.24, 2.45) is 5.73 Å². The molecule has 0 aliphatic carbocycles. The zero-order valence-corrected chi connectivity index (χ0v) is 8.17. The third-order valence-corrected chi connectivity index (χ3v) is 2.30. The molecule has 0 heterocycles. The first-order valence-corrected chi connectivity index (χ1v) is 5.34. The van der Waals surface area contributed by atoms with Crippen LogP contribution >= 0.6 is 0 Å². The molecule has 13 heavy (non-hydrogen) atoms. The third kappa shape index (κ3) is 6.30. The largest absolute Gasteiger partial charge is 0.404 e. The fourth-order valence-corrected chi connectivity index (χ4v) is 1.21. The molecule has 3 N–H and O–H groups in total. The van der Waals surface area contributed by atoms with E-state index < -0.39 is 15.9 Å². The number of hydrogen-bond donors (Lipinski definition) is 2. The Hall–Kier alpha value is -0.880. The van der Waals surface area contributed by atoms with Crippen LogP contribution in [0.3, 0.4) is 0 Å². The maximum absolute atomic E-state index is 11.0. The van der Waals surface area contributed by atoms with E-state index in [1.165, 1.54) is 6.20 Å². The van der Waals surface area contributed by atoms with E-state index >= 15 is 0 Å². The van der Waals surface area contributed by atoms with Crippen LogP contribution in [0.4, 0.5) is 0 Å². The standard InChI is InChI=1S/C7H13NO4S/c1-6(5-8)7(9)3-2-4-13(10,11)12/h5H,2-4,8H2,1H3,(H,10,11,12). The van der Waals surface area contributed by atoms with Crippen molar-refractivity contribution in [3.63, 3.8) is 0 Å². The van der Waals surface area contributed by atoms with Gasteiger partial charge in [0.05, 0.1) is 5.75 Å². The molecule has 0 amide bonds. The van der Waals surface area contributed by atoms with Crippen LogP contribution in [-0.4, -0.2) is 24.5 Å². The van der Waals surface area contributed by atoms with Crippen LogP contribution in [0, 0.1) is 0 Å². The molecule has 0 aromatic heterocycles. The van der Waals surface area contributed by atoms with Gasteiger partial charge < -0.3 is 5.73 Å². The summed E-state index contributed by atoms with van der Waals surface area (Å²) in [5.41, 5.74) is 5.48. The fourth-order valence-electron chi connectivity index (χ4n) is 0.705. The number of allylic oxidation sites excluding steroid dienone is 1. The topological polar surface area (TPSA) is 97.5 Å². The molecule has 0 saturated carbocycles. The van der Waals surface area contributed by atoms with Gasteiger partial charge in [-0.2, -0.15) is 8.42 Å². The number of nitrogens with two attached hydrogens (primary N) is 1. The van der Waals surface area contributed by atoms with Crippen molar-refractivity contribution in [3.05, 3.63) is 11.8 Å². The van der Waals surface area contributed by atoms with E-state index in [0.29, 0.717) is 5.57 Å². The minimum atomic E-state index is -3.96. The molecule has 0 aromatic rings. The quantitative estimate of drug-likeness (QED) is 0.491.